The van der Waals surface area contributed by atoms with E-state index in [0.717, 1.165) is 12.1 Å². The summed E-state index contributed by atoms with van der Waals surface area (Å²) >= 11 is 0. The fourth-order valence-corrected chi connectivity index (χ4v) is 2.20. The van der Waals surface area contributed by atoms with Gasteiger partial charge in [0.2, 0.25) is 0 Å². The summed E-state index contributed by atoms with van der Waals surface area (Å²) in [6.45, 7) is 8.23. The van der Waals surface area contributed by atoms with E-state index in [1.807, 2.05) is 6.07 Å². The first-order chi connectivity index (χ1) is 8.96. The Morgan fingerprint density at radius 1 is 1.16 bits per heavy atom. The van der Waals surface area contributed by atoms with E-state index in [1.165, 1.54) is 31.7 Å². The largest absolute Gasteiger partial charge is 0.504 e. The third kappa shape index (κ3) is 5.52. The van der Waals surface area contributed by atoms with Gasteiger partial charge in [-0.05, 0) is 17.9 Å². The lowest BCUT2D eigenvalue weighted by atomic mass is 9.87. The molecule has 0 amide bonds. The standard InChI is InChI=1S/C16H27NO2/c1-4-5-6-10-16(2,3)12-17-11-13-8-7-9-14(18)15(13)19/h7-9,17-19H,4-6,10-12H2,1-3H3. The minimum atomic E-state index is -0.0542. The van der Waals surface area contributed by atoms with Crippen molar-refractivity contribution >= 4 is 0 Å². The maximum atomic E-state index is 9.71. The lowest BCUT2D eigenvalue weighted by molar-refractivity contribution is 0.300. The van der Waals surface area contributed by atoms with Crippen LogP contribution in [0.25, 0.3) is 0 Å². The molecule has 0 atom stereocenters. The third-order valence-electron chi connectivity index (χ3n) is 3.47. The molecule has 3 heteroatoms. The number of para-hydroxylation sites is 1. The molecule has 0 heterocycles. The predicted octanol–water partition coefficient (Wildman–Crippen LogP) is 3.79. The number of benzene rings is 1. The van der Waals surface area contributed by atoms with Gasteiger partial charge in [0.15, 0.2) is 11.5 Å². The summed E-state index contributed by atoms with van der Waals surface area (Å²) in [7, 11) is 0. The van der Waals surface area contributed by atoms with Gasteiger partial charge in [-0.2, -0.15) is 0 Å². The molecule has 0 radical (unpaired) electrons. The van der Waals surface area contributed by atoms with Crippen LogP contribution >= 0.6 is 0 Å². The lowest BCUT2D eigenvalue weighted by Gasteiger charge is -2.25. The van der Waals surface area contributed by atoms with E-state index in [2.05, 4.69) is 26.1 Å². The molecule has 0 bridgehead atoms. The van der Waals surface area contributed by atoms with Gasteiger partial charge in [0, 0.05) is 18.7 Å². The normalized spacial score (nSPS) is 11.7. The Labute approximate surface area is 116 Å². The molecule has 108 valence electrons. The second-order valence-electron chi connectivity index (χ2n) is 6.01. The van der Waals surface area contributed by atoms with Crippen LogP contribution in [0.3, 0.4) is 0 Å². The van der Waals surface area contributed by atoms with Gasteiger partial charge in [-0.25, -0.2) is 0 Å². The van der Waals surface area contributed by atoms with Crippen molar-refractivity contribution in [2.24, 2.45) is 5.41 Å². The van der Waals surface area contributed by atoms with Crippen LogP contribution in [-0.4, -0.2) is 16.8 Å². The topological polar surface area (TPSA) is 52.5 Å². The number of aromatic hydroxyl groups is 2. The third-order valence-corrected chi connectivity index (χ3v) is 3.47. The molecule has 3 N–H and O–H groups in total. The number of hydrogen-bond acceptors (Lipinski definition) is 3. The van der Waals surface area contributed by atoms with Crippen molar-refractivity contribution in [1.29, 1.82) is 0 Å². The molecule has 1 aromatic rings. The van der Waals surface area contributed by atoms with Gasteiger partial charge in [-0.15, -0.1) is 0 Å². The minimum absolute atomic E-state index is 0.0150. The molecule has 0 aliphatic heterocycles. The molecule has 0 saturated heterocycles. The Morgan fingerprint density at radius 3 is 2.58 bits per heavy atom. The number of nitrogens with one attached hydrogen (secondary N) is 1. The highest BCUT2D eigenvalue weighted by Crippen LogP contribution is 2.28. The maximum absolute atomic E-state index is 9.71. The average molecular weight is 265 g/mol. The van der Waals surface area contributed by atoms with Crippen molar-refractivity contribution in [2.45, 2.75) is 53.0 Å². The highest BCUT2D eigenvalue weighted by molar-refractivity contribution is 5.44. The second kappa shape index (κ2) is 7.39. The highest BCUT2D eigenvalue weighted by Gasteiger charge is 2.17. The van der Waals surface area contributed by atoms with E-state index < -0.39 is 0 Å². The first-order valence-corrected chi connectivity index (χ1v) is 7.17. The molecule has 3 nitrogen and oxygen atoms in total. The van der Waals surface area contributed by atoms with Crippen LogP contribution < -0.4 is 5.32 Å². The van der Waals surface area contributed by atoms with Crippen LogP contribution in [0.1, 0.15) is 52.0 Å². The van der Waals surface area contributed by atoms with E-state index >= 15 is 0 Å². The molecule has 1 aromatic carbocycles. The van der Waals surface area contributed by atoms with Crippen molar-refractivity contribution in [2.75, 3.05) is 6.54 Å². The first-order valence-electron chi connectivity index (χ1n) is 7.17. The molecule has 19 heavy (non-hydrogen) atoms. The second-order valence-corrected chi connectivity index (χ2v) is 6.01. The van der Waals surface area contributed by atoms with E-state index in [-0.39, 0.29) is 16.9 Å². The zero-order chi connectivity index (χ0) is 14.3. The van der Waals surface area contributed by atoms with Gasteiger partial charge in [-0.1, -0.05) is 52.2 Å². The number of rotatable bonds is 8. The summed E-state index contributed by atoms with van der Waals surface area (Å²) in [5.41, 5.74) is 1.01. The van der Waals surface area contributed by atoms with E-state index in [4.69, 9.17) is 0 Å². The van der Waals surface area contributed by atoms with Crippen molar-refractivity contribution < 1.29 is 10.2 Å². The summed E-state index contributed by atoms with van der Waals surface area (Å²) in [6.07, 6.45) is 5.01. The number of hydrogen-bond donors (Lipinski definition) is 3. The van der Waals surface area contributed by atoms with Crippen LogP contribution in [0, 0.1) is 5.41 Å². The van der Waals surface area contributed by atoms with Crippen molar-refractivity contribution in [3.05, 3.63) is 23.8 Å². The predicted molar refractivity (Wildman–Crippen MR) is 79.4 cm³/mol. The number of unbranched alkanes of at least 4 members (excludes halogenated alkanes) is 2. The van der Waals surface area contributed by atoms with E-state index in [1.54, 1.807) is 6.07 Å². The lowest BCUT2D eigenvalue weighted by Crippen LogP contribution is -2.29. The van der Waals surface area contributed by atoms with Crippen LogP contribution in [-0.2, 0) is 6.54 Å². The van der Waals surface area contributed by atoms with Gasteiger partial charge < -0.3 is 15.5 Å². The average Bonchev–Trinajstić information content (AvgIpc) is 2.34. The smallest absolute Gasteiger partial charge is 0.161 e. The Kier molecular flexibility index (Phi) is 6.16. The fourth-order valence-electron chi connectivity index (χ4n) is 2.20. The Hall–Kier alpha value is -1.22. The molecule has 0 aliphatic rings. The van der Waals surface area contributed by atoms with Gasteiger partial charge in [0.05, 0.1) is 0 Å². The minimum Gasteiger partial charge on any atom is -0.504 e. The maximum Gasteiger partial charge on any atom is 0.161 e. The quantitative estimate of drug-likeness (QED) is 0.495. The summed E-state index contributed by atoms with van der Waals surface area (Å²) in [5.74, 6) is -0.0692. The summed E-state index contributed by atoms with van der Waals surface area (Å²) < 4.78 is 0. The van der Waals surface area contributed by atoms with E-state index in [9.17, 15) is 10.2 Å². The first kappa shape index (κ1) is 15.8. The fraction of sp³-hybridized carbons (Fsp3) is 0.625. The zero-order valence-electron chi connectivity index (χ0n) is 12.4. The Balaban J connectivity index is 2.38. The van der Waals surface area contributed by atoms with Gasteiger partial charge in [0.25, 0.3) is 0 Å². The molecule has 0 fully saturated rings. The highest BCUT2D eigenvalue weighted by atomic mass is 16.3. The summed E-state index contributed by atoms with van der Waals surface area (Å²) in [5, 5.41) is 22.5. The number of phenolic OH excluding ortho intramolecular Hbond substituents is 2. The van der Waals surface area contributed by atoms with Crippen LogP contribution in [0.4, 0.5) is 0 Å². The van der Waals surface area contributed by atoms with Gasteiger partial charge >= 0.3 is 0 Å². The molecule has 0 unspecified atom stereocenters. The molecular weight excluding hydrogens is 238 g/mol. The molecule has 0 aliphatic carbocycles. The molecule has 0 aromatic heterocycles. The zero-order valence-corrected chi connectivity index (χ0v) is 12.4. The monoisotopic (exact) mass is 265 g/mol. The number of phenols is 2. The summed E-state index contributed by atoms with van der Waals surface area (Å²) in [4.78, 5) is 0. The Bertz CT molecular complexity index is 388. The molecule has 1 rings (SSSR count). The van der Waals surface area contributed by atoms with Crippen molar-refractivity contribution in [3.63, 3.8) is 0 Å². The molecular formula is C16H27NO2. The SMILES string of the molecule is CCCCCC(C)(C)CNCc1cccc(O)c1O. The van der Waals surface area contributed by atoms with Crippen molar-refractivity contribution in [1.82, 2.24) is 5.32 Å². The molecule has 0 spiro atoms. The Morgan fingerprint density at radius 2 is 1.89 bits per heavy atom. The van der Waals surface area contributed by atoms with Gasteiger partial charge in [-0.3, -0.25) is 0 Å². The summed E-state index contributed by atoms with van der Waals surface area (Å²) in [6, 6.07) is 5.07. The van der Waals surface area contributed by atoms with Gasteiger partial charge in [0.1, 0.15) is 0 Å². The van der Waals surface area contributed by atoms with Crippen LogP contribution in [0.5, 0.6) is 11.5 Å². The van der Waals surface area contributed by atoms with Crippen molar-refractivity contribution in [3.8, 4) is 11.5 Å². The van der Waals surface area contributed by atoms with E-state index in [0.29, 0.717) is 6.54 Å². The molecule has 0 saturated carbocycles. The van der Waals surface area contributed by atoms with Crippen LogP contribution in [0.15, 0.2) is 18.2 Å². The van der Waals surface area contributed by atoms with Crippen LogP contribution in [0.2, 0.25) is 0 Å².